The Balaban J connectivity index is 1.43. The van der Waals surface area contributed by atoms with Crippen molar-refractivity contribution in [2.24, 2.45) is 5.92 Å². The van der Waals surface area contributed by atoms with E-state index in [1.54, 1.807) is 7.11 Å². The molecule has 1 atom stereocenters. The van der Waals surface area contributed by atoms with Gasteiger partial charge in [-0.25, -0.2) is 0 Å². The van der Waals surface area contributed by atoms with Crippen LogP contribution in [0.15, 0.2) is 47.8 Å². The van der Waals surface area contributed by atoms with Crippen LogP contribution in [0.1, 0.15) is 53.4 Å². The normalized spacial score (nSPS) is 16.3. The molecule has 2 aromatic rings. The van der Waals surface area contributed by atoms with Gasteiger partial charge in [0.15, 0.2) is 5.78 Å². The number of rotatable bonds is 8. The summed E-state index contributed by atoms with van der Waals surface area (Å²) >= 11 is 1.46. The summed E-state index contributed by atoms with van der Waals surface area (Å²) in [6.45, 7) is 1.55. The van der Waals surface area contributed by atoms with E-state index in [4.69, 9.17) is 4.74 Å². The minimum atomic E-state index is 0.0897. The van der Waals surface area contributed by atoms with E-state index in [1.807, 2.05) is 40.6 Å². The van der Waals surface area contributed by atoms with Crippen LogP contribution in [0.25, 0.3) is 0 Å². The number of ketones is 1. The Labute approximate surface area is 165 Å². The largest absolute Gasteiger partial charge is 0.376 e. The summed E-state index contributed by atoms with van der Waals surface area (Å²) in [5.74, 6) is 0.741. The number of hydrogen-bond acceptors (Lipinski definition) is 4. The van der Waals surface area contributed by atoms with Crippen LogP contribution in [-0.4, -0.2) is 36.8 Å². The number of carbonyl (C=O) groups excluding carboxylic acids is 2. The molecule has 1 amide bonds. The fourth-order valence-corrected chi connectivity index (χ4v) is 4.51. The van der Waals surface area contributed by atoms with Crippen molar-refractivity contribution in [2.45, 2.75) is 38.2 Å². The summed E-state index contributed by atoms with van der Waals surface area (Å²) in [5.41, 5.74) is 1.21. The number of piperidine rings is 1. The van der Waals surface area contributed by atoms with Crippen LogP contribution in [0.3, 0.4) is 0 Å². The van der Waals surface area contributed by atoms with E-state index in [2.05, 4.69) is 12.1 Å². The van der Waals surface area contributed by atoms with Crippen molar-refractivity contribution < 1.29 is 14.3 Å². The summed E-state index contributed by atoms with van der Waals surface area (Å²) in [6, 6.07) is 14.0. The minimum Gasteiger partial charge on any atom is -0.376 e. The van der Waals surface area contributed by atoms with Crippen molar-refractivity contribution in [1.82, 2.24) is 4.90 Å². The number of hydrogen-bond donors (Lipinski definition) is 0. The second-order valence-electron chi connectivity index (χ2n) is 7.04. The number of nitrogens with zero attached hydrogens (tertiary/aromatic N) is 1. The Morgan fingerprint density at radius 2 is 1.85 bits per heavy atom. The number of benzene rings is 1. The molecule has 0 spiro atoms. The summed E-state index contributed by atoms with van der Waals surface area (Å²) < 4.78 is 5.76. The molecule has 1 fully saturated rings. The molecule has 3 rings (SSSR count). The maximum Gasteiger partial charge on any atom is 0.222 e. The number of ether oxygens (including phenoxy) is 1. The highest BCUT2D eigenvalue weighted by molar-refractivity contribution is 7.12. The quantitative estimate of drug-likeness (QED) is 0.617. The van der Waals surface area contributed by atoms with Crippen molar-refractivity contribution in [3.05, 3.63) is 58.3 Å². The summed E-state index contributed by atoms with van der Waals surface area (Å²) in [7, 11) is 1.76. The molecule has 1 saturated heterocycles. The third kappa shape index (κ3) is 5.27. The molecule has 1 aromatic heterocycles. The Hall–Kier alpha value is -1.98. The number of likely N-dealkylation sites (tertiary alicyclic amines) is 1. The molecular weight excluding hydrogens is 358 g/mol. The Morgan fingerprint density at radius 3 is 2.48 bits per heavy atom. The predicted molar refractivity (Wildman–Crippen MR) is 108 cm³/mol. The summed E-state index contributed by atoms with van der Waals surface area (Å²) in [5, 5.41) is 1.91. The smallest absolute Gasteiger partial charge is 0.222 e. The zero-order valence-corrected chi connectivity index (χ0v) is 16.6. The van der Waals surface area contributed by atoms with Crippen molar-refractivity contribution in [3.63, 3.8) is 0 Å². The van der Waals surface area contributed by atoms with Gasteiger partial charge in [0.25, 0.3) is 0 Å². The first-order valence-corrected chi connectivity index (χ1v) is 10.5. The zero-order chi connectivity index (χ0) is 19.1. The first-order valence-electron chi connectivity index (χ1n) is 9.61. The molecule has 0 N–H and O–H groups in total. The van der Waals surface area contributed by atoms with Gasteiger partial charge in [-0.05, 0) is 42.2 Å². The molecule has 4 nitrogen and oxygen atoms in total. The van der Waals surface area contributed by atoms with Crippen LogP contribution in [0.2, 0.25) is 0 Å². The monoisotopic (exact) mass is 385 g/mol. The number of carbonyl (C=O) groups is 2. The first kappa shape index (κ1) is 19.8. The van der Waals surface area contributed by atoms with Gasteiger partial charge < -0.3 is 9.64 Å². The molecule has 144 valence electrons. The Bertz CT molecular complexity index is 721. The molecule has 0 aliphatic carbocycles. The lowest BCUT2D eigenvalue weighted by Gasteiger charge is -2.35. The van der Waals surface area contributed by atoms with Gasteiger partial charge in [0.2, 0.25) is 5.91 Å². The topological polar surface area (TPSA) is 46.6 Å². The first-order chi connectivity index (χ1) is 13.2. The molecule has 1 aliphatic rings. The van der Waals surface area contributed by atoms with E-state index < -0.39 is 0 Å². The van der Waals surface area contributed by atoms with Gasteiger partial charge in [0.05, 0.1) is 11.0 Å². The zero-order valence-electron chi connectivity index (χ0n) is 15.8. The number of thiophene rings is 1. The molecule has 0 saturated carbocycles. The number of Topliss-reactive ketones (excluding diaryl/α,β-unsaturated/α-hetero) is 1. The van der Waals surface area contributed by atoms with E-state index in [-0.39, 0.29) is 17.8 Å². The molecule has 0 bridgehead atoms. The van der Waals surface area contributed by atoms with Gasteiger partial charge in [-0.3, -0.25) is 9.59 Å². The van der Waals surface area contributed by atoms with E-state index >= 15 is 0 Å². The van der Waals surface area contributed by atoms with E-state index in [1.165, 1.54) is 16.9 Å². The second kappa shape index (κ2) is 9.81. The van der Waals surface area contributed by atoms with Crippen LogP contribution in [-0.2, 0) is 9.53 Å². The third-order valence-corrected chi connectivity index (χ3v) is 6.20. The van der Waals surface area contributed by atoms with Crippen molar-refractivity contribution in [2.75, 3.05) is 20.2 Å². The lowest BCUT2D eigenvalue weighted by Crippen LogP contribution is -2.39. The molecular formula is C22H27NO3S. The van der Waals surface area contributed by atoms with Gasteiger partial charge in [-0.15, -0.1) is 11.3 Å². The Morgan fingerprint density at radius 1 is 1.11 bits per heavy atom. The van der Waals surface area contributed by atoms with Gasteiger partial charge in [-0.1, -0.05) is 36.4 Å². The van der Waals surface area contributed by atoms with Crippen molar-refractivity contribution >= 4 is 23.0 Å². The number of methoxy groups -OCH3 is 1. The van der Waals surface area contributed by atoms with Crippen LogP contribution in [0.5, 0.6) is 0 Å². The fourth-order valence-electron chi connectivity index (χ4n) is 3.81. The van der Waals surface area contributed by atoms with Crippen LogP contribution in [0.4, 0.5) is 0 Å². The van der Waals surface area contributed by atoms with Crippen molar-refractivity contribution in [3.8, 4) is 0 Å². The van der Waals surface area contributed by atoms with Crippen LogP contribution in [0, 0.1) is 5.92 Å². The standard InChI is InChI=1S/C22H27NO3S/c1-26-22(17-7-3-2-4-8-17)18-12-14-23(15-13-18)21(25)11-5-9-19(24)20-10-6-16-27-20/h2-4,6-8,10,16,18,22H,5,9,11-15H2,1H3. The highest BCUT2D eigenvalue weighted by atomic mass is 32.1. The van der Waals surface area contributed by atoms with E-state index in [0.29, 0.717) is 25.2 Å². The molecule has 1 aliphatic heterocycles. The van der Waals surface area contributed by atoms with Crippen LogP contribution >= 0.6 is 11.3 Å². The second-order valence-corrected chi connectivity index (χ2v) is 7.99. The van der Waals surface area contributed by atoms with Gasteiger partial charge >= 0.3 is 0 Å². The van der Waals surface area contributed by atoms with Crippen molar-refractivity contribution in [1.29, 1.82) is 0 Å². The molecule has 1 aromatic carbocycles. The molecule has 2 heterocycles. The van der Waals surface area contributed by atoms with E-state index in [0.717, 1.165) is 30.8 Å². The highest BCUT2D eigenvalue weighted by Crippen LogP contribution is 2.33. The third-order valence-electron chi connectivity index (χ3n) is 5.29. The lowest BCUT2D eigenvalue weighted by molar-refractivity contribution is -0.133. The minimum absolute atomic E-state index is 0.0897. The molecule has 27 heavy (non-hydrogen) atoms. The number of amides is 1. The maximum absolute atomic E-state index is 12.5. The SMILES string of the molecule is COC(c1ccccc1)C1CCN(C(=O)CCCC(=O)c2cccs2)CC1. The average molecular weight is 386 g/mol. The molecule has 1 unspecified atom stereocenters. The van der Waals surface area contributed by atoms with Gasteiger partial charge in [0, 0.05) is 33.0 Å². The van der Waals surface area contributed by atoms with Gasteiger partial charge in [-0.2, -0.15) is 0 Å². The maximum atomic E-state index is 12.5. The highest BCUT2D eigenvalue weighted by Gasteiger charge is 2.29. The summed E-state index contributed by atoms with van der Waals surface area (Å²) in [6.07, 6.45) is 3.52. The summed E-state index contributed by atoms with van der Waals surface area (Å²) in [4.78, 5) is 27.2. The van der Waals surface area contributed by atoms with Gasteiger partial charge in [0.1, 0.15) is 0 Å². The lowest BCUT2D eigenvalue weighted by atomic mass is 9.87. The molecule has 0 radical (unpaired) electrons. The predicted octanol–water partition coefficient (Wildman–Crippen LogP) is 4.73. The average Bonchev–Trinajstić information content (AvgIpc) is 3.25. The fraction of sp³-hybridized carbons (Fsp3) is 0.455. The Kier molecular flexibility index (Phi) is 7.18. The van der Waals surface area contributed by atoms with E-state index in [9.17, 15) is 9.59 Å². The van der Waals surface area contributed by atoms with Crippen LogP contribution < -0.4 is 0 Å². The molecule has 5 heteroatoms.